The van der Waals surface area contributed by atoms with E-state index in [1.807, 2.05) is 36.4 Å². The molecule has 1 unspecified atom stereocenters. The zero-order valence-electron chi connectivity index (χ0n) is 17.9. The predicted octanol–water partition coefficient (Wildman–Crippen LogP) is 4.47. The Balaban J connectivity index is 1.38. The Morgan fingerprint density at radius 3 is 2.60 bits per heavy atom. The lowest BCUT2D eigenvalue weighted by Gasteiger charge is -2.16. The van der Waals surface area contributed by atoms with Crippen LogP contribution in [0.5, 0.6) is 0 Å². The van der Waals surface area contributed by atoms with Gasteiger partial charge in [0.15, 0.2) is 5.78 Å². The molecule has 0 fully saturated rings. The molecule has 0 aromatic heterocycles. The fourth-order valence-corrected chi connectivity index (χ4v) is 4.35. The van der Waals surface area contributed by atoms with Crippen LogP contribution in [0.25, 0.3) is 0 Å². The van der Waals surface area contributed by atoms with Gasteiger partial charge in [0.2, 0.25) is 5.91 Å². The molecule has 1 atom stereocenters. The van der Waals surface area contributed by atoms with Gasteiger partial charge in [-0.2, -0.15) is 0 Å². The van der Waals surface area contributed by atoms with Crippen LogP contribution in [0, 0.1) is 0 Å². The van der Waals surface area contributed by atoms with Crippen molar-refractivity contribution in [2.75, 3.05) is 20.1 Å². The summed E-state index contributed by atoms with van der Waals surface area (Å²) in [5.74, 6) is 0.209. The summed E-state index contributed by atoms with van der Waals surface area (Å²) < 4.78 is 0. The van der Waals surface area contributed by atoms with E-state index in [2.05, 4.69) is 23.3 Å². The van der Waals surface area contributed by atoms with E-state index in [0.717, 1.165) is 55.8 Å². The van der Waals surface area contributed by atoms with Gasteiger partial charge < -0.3 is 10.2 Å². The highest BCUT2D eigenvalue weighted by Gasteiger charge is 2.23. The number of fused-ring (bicyclic) bond motifs is 1. The first-order valence-electron chi connectivity index (χ1n) is 10.8. The van der Waals surface area contributed by atoms with Crippen molar-refractivity contribution in [2.45, 2.75) is 51.5 Å². The van der Waals surface area contributed by atoms with Crippen LogP contribution in [-0.2, 0) is 24.1 Å². The molecule has 0 aliphatic heterocycles. The van der Waals surface area contributed by atoms with Crippen LogP contribution in [0.15, 0.2) is 42.5 Å². The van der Waals surface area contributed by atoms with Crippen molar-refractivity contribution in [1.82, 2.24) is 10.2 Å². The molecule has 1 aliphatic rings. The quantitative estimate of drug-likeness (QED) is 0.450. The average Bonchev–Trinajstić information content (AvgIpc) is 3.11. The van der Waals surface area contributed by atoms with Crippen molar-refractivity contribution in [3.05, 3.63) is 69.7 Å². The van der Waals surface area contributed by atoms with Gasteiger partial charge in [-0.15, -0.1) is 0 Å². The van der Waals surface area contributed by atoms with E-state index in [4.69, 9.17) is 11.6 Å². The summed E-state index contributed by atoms with van der Waals surface area (Å²) >= 11 is 6.22. The number of hydrogen-bond donors (Lipinski definition) is 1. The number of rotatable bonds is 10. The van der Waals surface area contributed by atoms with Crippen molar-refractivity contribution in [3.8, 4) is 0 Å². The monoisotopic (exact) mass is 426 g/mol. The maximum absolute atomic E-state index is 12.6. The SMILES string of the molecule is CC(=O)NC1Cc2ccc(C(=O)CCCCN(C)CCc3ccccc3Cl)cc2C1. The van der Waals surface area contributed by atoms with Crippen molar-refractivity contribution < 1.29 is 9.59 Å². The van der Waals surface area contributed by atoms with Crippen LogP contribution in [0.3, 0.4) is 0 Å². The molecule has 0 spiro atoms. The first kappa shape index (κ1) is 22.5. The minimum Gasteiger partial charge on any atom is -0.353 e. The Bertz CT molecular complexity index is 896. The molecule has 0 bridgehead atoms. The number of halogens is 1. The van der Waals surface area contributed by atoms with Gasteiger partial charge in [0.1, 0.15) is 0 Å². The zero-order chi connectivity index (χ0) is 21.5. The van der Waals surface area contributed by atoms with Crippen LogP contribution in [0.4, 0.5) is 0 Å². The van der Waals surface area contributed by atoms with E-state index in [1.165, 1.54) is 16.7 Å². The molecule has 5 heteroatoms. The number of hydrogen-bond acceptors (Lipinski definition) is 3. The van der Waals surface area contributed by atoms with Gasteiger partial charge in [0.25, 0.3) is 0 Å². The molecule has 0 heterocycles. The van der Waals surface area contributed by atoms with Gasteiger partial charge >= 0.3 is 0 Å². The number of carbonyl (C=O) groups is 2. The van der Waals surface area contributed by atoms with E-state index in [-0.39, 0.29) is 17.7 Å². The number of carbonyl (C=O) groups excluding carboxylic acids is 2. The van der Waals surface area contributed by atoms with Gasteiger partial charge in [-0.1, -0.05) is 41.9 Å². The molecule has 1 amide bonds. The van der Waals surface area contributed by atoms with Crippen LogP contribution in [-0.4, -0.2) is 42.8 Å². The molecule has 2 aromatic carbocycles. The Morgan fingerprint density at radius 2 is 1.83 bits per heavy atom. The zero-order valence-corrected chi connectivity index (χ0v) is 18.7. The lowest BCUT2D eigenvalue weighted by molar-refractivity contribution is -0.119. The van der Waals surface area contributed by atoms with Crippen LogP contribution >= 0.6 is 11.6 Å². The van der Waals surface area contributed by atoms with Gasteiger partial charge in [-0.05, 0) is 74.5 Å². The summed E-state index contributed by atoms with van der Waals surface area (Å²) in [4.78, 5) is 26.2. The second kappa shape index (κ2) is 10.7. The summed E-state index contributed by atoms with van der Waals surface area (Å²) in [6.45, 7) is 3.48. The van der Waals surface area contributed by atoms with Crippen molar-refractivity contribution in [2.24, 2.45) is 0 Å². The summed E-state index contributed by atoms with van der Waals surface area (Å²) in [5, 5.41) is 3.81. The Kier molecular flexibility index (Phi) is 8.06. The number of ketones is 1. The highest BCUT2D eigenvalue weighted by atomic mass is 35.5. The molecule has 3 rings (SSSR count). The molecule has 2 aromatic rings. The minimum atomic E-state index is 0.000870. The fourth-order valence-electron chi connectivity index (χ4n) is 4.12. The maximum atomic E-state index is 12.6. The molecule has 1 N–H and O–H groups in total. The normalized spacial score (nSPS) is 15.3. The Labute approximate surface area is 184 Å². The molecule has 160 valence electrons. The van der Waals surface area contributed by atoms with E-state index < -0.39 is 0 Å². The minimum absolute atomic E-state index is 0.000870. The van der Waals surface area contributed by atoms with Crippen molar-refractivity contribution >= 4 is 23.3 Å². The molecule has 30 heavy (non-hydrogen) atoms. The number of benzene rings is 2. The van der Waals surface area contributed by atoms with Gasteiger partial charge in [0.05, 0.1) is 0 Å². The third kappa shape index (κ3) is 6.41. The van der Waals surface area contributed by atoms with E-state index in [0.29, 0.717) is 6.42 Å². The topological polar surface area (TPSA) is 49.4 Å². The summed E-state index contributed by atoms with van der Waals surface area (Å²) in [6.07, 6.45) is 5.06. The number of likely N-dealkylation sites (N-methyl/N-ethyl adjacent to an activating group) is 1. The number of Topliss-reactive ketones (excluding diaryl/α,β-unsaturated/α-hetero) is 1. The summed E-state index contributed by atoms with van der Waals surface area (Å²) in [7, 11) is 2.12. The first-order chi connectivity index (χ1) is 14.4. The van der Waals surface area contributed by atoms with E-state index in [9.17, 15) is 9.59 Å². The smallest absolute Gasteiger partial charge is 0.217 e. The molecular weight excluding hydrogens is 396 g/mol. The lowest BCUT2D eigenvalue weighted by atomic mass is 10.0. The van der Waals surface area contributed by atoms with Crippen LogP contribution in [0.1, 0.15) is 53.2 Å². The van der Waals surface area contributed by atoms with Gasteiger partial charge in [-0.25, -0.2) is 0 Å². The van der Waals surface area contributed by atoms with E-state index in [1.54, 1.807) is 6.92 Å². The maximum Gasteiger partial charge on any atom is 0.217 e. The summed E-state index contributed by atoms with van der Waals surface area (Å²) in [5.41, 5.74) is 4.41. The van der Waals surface area contributed by atoms with Gasteiger partial charge in [0, 0.05) is 36.5 Å². The highest BCUT2D eigenvalue weighted by Crippen LogP contribution is 2.24. The van der Waals surface area contributed by atoms with Gasteiger partial charge in [-0.3, -0.25) is 9.59 Å². The molecule has 4 nitrogen and oxygen atoms in total. The Hall–Kier alpha value is -2.17. The predicted molar refractivity (Wildman–Crippen MR) is 122 cm³/mol. The average molecular weight is 427 g/mol. The largest absolute Gasteiger partial charge is 0.353 e. The third-order valence-electron chi connectivity index (χ3n) is 5.78. The second-order valence-corrected chi connectivity index (χ2v) is 8.72. The molecule has 1 aliphatic carbocycles. The van der Waals surface area contributed by atoms with Crippen molar-refractivity contribution in [1.29, 1.82) is 0 Å². The number of amides is 1. The standard InChI is InChI=1S/C25H31ClN2O2/c1-18(29)27-23-16-20-10-11-21(15-22(20)17-23)25(30)9-5-6-13-28(2)14-12-19-7-3-4-8-24(19)26/h3-4,7-8,10-11,15,23H,5-6,9,12-14,16-17H2,1-2H3,(H,27,29). The van der Waals surface area contributed by atoms with Crippen molar-refractivity contribution in [3.63, 3.8) is 0 Å². The second-order valence-electron chi connectivity index (χ2n) is 8.31. The number of nitrogens with zero attached hydrogens (tertiary/aromatic N) is 1. The Morgan fingerprint density at radius 1 is 1.07 bits per heavy atom. The lowest BCUT2D eigenvalue weighted by Crippen LogP contribution is -2.33. The third-order valence-corrected chi connectivity index (χ3v) is 6.15. The molecular formula is C25H31ClN2O2. The highest BCUT2D eigenvalue weighted by molar-refractivity contribution is 6.31. The first-order valence-corrected chi connectivity index (χ1v) is 11.1. The molecule has 0 saturated carbocycles. The molecule has 0 radical (unpaired) electrons. The fraction of sp³-hybridized carbons (Fsp3) is 0.440. The number of nitrogens with one attached hydrogen (secondary N) is 1. The summed E-state index contributed by atoms with van der Waals surface area (Å²) in [6, 6.07) is 14.1. The van der Waals surface area contributed by atoms with Crippen LogP contribution in [0.2, 0.25) is 5.02 Å². The number of unbranched alkanes of at least 4 members (excludes halogenated alkanes) is 1. The van der Waals surface area contributed by atoms with E-state index >= 15 is 0 Å². The van der Waals surface area contributed by atoms with Crippen LogP contribution < -0.4 is 5.32 Å². The molecule has 0 saturated heterocycles.